The summed E-state index contributed by atoms with van der Waals surface area (Å²) in [4.78, 5) is 12.6. The quantitative estimate of drug-likeness (QED) is 0.103. The Morgan fingerprint density at radius 3 is 2.61 bits per heavy atom. The van der Waals surface area contributed by atoms with Gasteiger partial charge in [0.25, 0.3) is 0 Å². The van der Waals surface area contributed by atoms with Crippen molar-refractivity contribution in [2.45, 2.75) is 144 Å². The average Bonchev–Trinajstić information content (AvgIpc) is 3.25. The lowest BCUT2D eigenvalue weighted by Crippen LogP contribution is -2.51. The van der Waals surface area contributed by atoms with Crippen LogP contribution in [0.4, 0.5) is 0 Å². The van der Waals surface area contributed by atoms with Gasteiger partial charge in [-0.25, -0.2) is 0 Å². The highest BCUT2D eigenvalue weighted by Crippen LogP contribution is 2.67. The number of fused-ring (bicyclic) bond motifs is 5. The Morgan fingerprint density at radius 2 is 1.84 bits per heavy atom. The molecule has 1 unspecified atom stereocenters. The molecule has 0 amide bonds. The van der Waals surface area contributed by atoms with Gasteiger partial charge in [-0.05, 0) is 125 Å². The first-order valence-corrected chi connectivity index (χ1v) is 16.3. The standard InChI is InChI=1S/C34H58O4/c1-7-9-10-11-25(4)38-32(35)17-12-24(3)29-15-16-30-28-14-13-26-22-27(37-23-36-8-2)18-20-33(26,5)31(28)19-21-34(29,30)6/h13,24-25,27-31H,7-12,14-23H2,1-6H3/t24-,25?,27+,28+,29-,30+,31+,33+,34-/m1/s1. The van der Waals surface area contributed by atoms with E-state index in [0.29, 0.717) is 36.1 Å². The van der Waals surface area contributed by atoms with Crippen molar-refractivity contribution in [3.63, 3.8) is 0 Å². The van der Waals surface area contributed by atoms with Crippen molar-refractivity contribution >= 4 is 5.97 Å². The summed E-state index contributed by atoms with van der Waals surface area (Å²) >= 11 is 0. The van der Waals surface area contributed by atoms with Gasteiger partial charge in [-0.15, -0.1) is 0 Å². The molecular weight excluding hydrogens is 472 g/mol. The van der Waals surface area contributed by atoms with Crippen LogP contribution in [0.2, 0.25) is 0 Å². The maximum atomic E-state index is 12.6. The highest BCUT2D eigenvalue weighted by atomic mass is 16.7. The van der Waals surface area contributed by atoms with Crippen molar-refractivity contribution < 1.29 is 19.0 Å². The van der Waals surface area contributed by atoms with Crippen LogP contribution >= 0.6 is 0 Å². The fraction of sp³-hybridized carbons (Fsp3) is 0.912. The van der Waals surface area contributed by atoms with Crippen LogP contribution in [0, 0.1) is 40.4 Å². The molecule has 4 rings (SSSR count). The summed E-state index contributed by atoms with van der Waals surface area (Å²) in [5.74, 6) is 3.83. The van der Waals surface area contributed by atoms with E-state index in [4.69, 9.17) is 14.2 Å². The first-order chi connectivity index (χ1) is 18.2. The molecule has 0 aliphatic heterocycles. The number of carbonyl (C=O) groups is 1. The molecular formula is C34H58O4. The Bertz CT molecular complexity index is 806. The van der Waals surface area contributed by atoms with E-state index in [0.717, 1.165) is 56.0 Å². The number of carbonyl (C=O) groups excluding carboxylic acids is 1. The molecule has 9 atom stereocenters. The van der Waals surface area contributed by atoms with Crippen LogP contribution in [0.5, 0.6) is 0 Å². The molecule has 0 spiro atoms. The van der Waals surface area contributed by atoms with Gasteiger partial charge in [0, 0.05) is 13.0 Å². The number of ether oxygens (including phenoxy) is 3. The third kappa shape index (κ3) is 6.37. The second-order valence-corrected chi connectivity index (χ2v) is 13.9. The molecule has 3 fully saturated rings. The molecule has 0 aromatic rings. The van der Waals surface area contributed by atoms with Gasteiger partial charge < -0.3 is 14.2 Å². The third-order valence-electron chi connectivity index (χ3n) is 11.8. The summed E-state index contributed by atoms with van der Waals surface area (Å²) in [6.07, 6.45) is 19.4. The zero-order valence-electron chi connectivity index (χ0n) is 25.6. The molecule has 0 heterocycles. The molecule has 0 aromatic heterocycles. The van der Waals surface area contributed by atoms with Gasteiger partial charge in [-0.2, -0.15) is 0 Å². The van der Waals surface area contributed by atoms with Gasteiger partial charge in [-0.3, -0.25) is 4.79 Å². The van der Waals surface area contributed by atoms with Crippen molar-refractivity contribution in [2.24, 2.45) is 40.4 Å². The average molecular weight is 531 g/mol. The van der Waals surface area contributed by atoms with Crippen molar-refractivity contribution in [3.05, 3.63) is 11.6 Å². The summed E-state index contributed by atoms with van der Waals surface area (Å²) in [5.41, 5.74) is 2.47. The fourth-order valence-electron chi connectivity index (χ4n) is 9.54. The molecule has 3 saturated carbocycles. The van der Waals surface area contributed by atoms with Crippen molar-refractivity contribution in [1.82, 2.24) is 0 Å². The minimum atomic E-state index is 0.0166. The van der Waals surface area contributed by atoms with Crippen LogP contribution in [0.15, 0.2) is 11.6 Å². The lowest BCUT2D eigenvalue weighted by atomic mass is 9.47. The summed E-state index contributed by atoms with van der Waals surface area (Å²) < 4.78 is 17.3. The maximum Gasteiger partial charge on any atom is 0.306 e. The van der Waals surface area contributed by atoms with Crippen LogP contribution in [0.3, 0.4) is 0 Å². The Balaban J connectivity index is 1.32. The van der Waals surface area contributed by atoms with E-state index < -0.39 is 0 Å². The smallest absolute Gasteiger partial charge is 0.306 e. The molecule has 0 saturated heterocycles. The predicted molar refractivity (Wildman–Crippen MR) is 155 cm³/mol. The Labute approximate surface area is 234 Å². The van der Waals surface area contributed by atoms with E-state index in [1.807, 2.05) is 6.92 Å². The molecule has 0 N–H and O–H groups in total. The fourth-order valence-corrected chi connectivity index (χ4v) is 9.54. The lowest BCUT2D eigenvalue weighted by Gasteiger charge is -2.58. The number of rotatable bonds is 13. The number of hydrogen-bond donors (Lipinski definition) is 0. The van der Waals surface area contributed by atoms with E-state index in [-0.39, 0.29) is 12.1 Å². The summed E-state index contributed by atoms with van der Waals surface area (Å²) in [6, 6.07) is 0. The minimum absolute atomic E-state index is 0.0166. The van der Waals surface area contributed by atoms with Crippen molar-refractivity contribution in [2.75, 3.05) is 13.4 Å². The SMILES string of the molecule is CCCCCC(C)OC(=O)CC[C@@H](C)[C@H]1CC[C@H]2[C@@H]3CC=C4C[C@@H](OCOCC)CC[C@]4(C)[C@H]3CC[C@]12C. The van der Waals surface area contributed by atoms with E-state index in [1.165, 1.54) is 57.8 Å². The van der Waals surface area contributed by atoms with Gasteiger partial charge in [0.05, 0.1) is 12.2 Å². The van der Waals surface area contributed by atoms with Crippen LogP contribution in [0.25, 0.3) is 0 Å². The van der Waals surface area contributed by atoms with Crippen LogP contribution < -0.4 is 0 Å². The van der Waals surface area contributed by atoms with Gasteiger partial charge in [0.2, 0.25) is 0 Å². The monoisotopic (exact) mass is 530 g/mol. The molecule has 4 nitrogen and oxygen atoms in total. The zero-order chi connectivity index (χ0) is 27.3. The normalized spacial score (nSPS) is 37.9. The second-order valence-electron chi connectivity index (χ2n) is 13.9. The second kappa shape index (κ2) is 13.2. The van der Waals surface area contributed by atoms with Gasteiger partial charge >= 0.3 is 5.97 Å². The number of hydrogen-bond acceptors (Lipinski definition) is 4. The van der Waals surface area contributed by atoms with Crippen LogP contribution in [0.1, 0.15) is 131 Å². The van der Waals surface area contributed by atoms with Crippen molar-refractivity contribution in [3.8, 4) is 0 Å². The molecule has 38 heavy (non-hydrogen) atoms. The zero-order valence-corrected chi connectivity index (χ0v) is 25.6. The molecule has 4 heteroatoms. The van der Waals surface area contributed by atoms with E-state index in [2.05, 4.69) is 40.7 Å². The molecule has 0 bridgehead atoms. The van der Waals surface area contributed by atoms with Gasteiger partial charge in [-0.1, -0.05) is 52.2 Å². The Hall–Kier alpha value is -0.870. The number of allylic oxidation sites excluding steroid dienone is 1. The summed E-state index contributed by atoms with van der Waals surface area (Å²) in [6.45, 7) is 15.1. The highest BCUT2D eigenvalue weighted by molar-refractivity contribution is 5.69. The van der Waals surface area contributed by atoms with Crippen LogP contribution in [-0.2, 0) is 19.0 Å². The third-order valence-corrected chi connectivity index (χ3v) is 11.8. The Kier molecular flexibility index (Phi) is 10.5. The first-order valence-electron chi connectivity index (χ1n) is 16.3. The van der Waals surface area contributed by atoms with E-state index >= 15 is 0 Å². The Morgan fingerprint density at radius 1 is 1.03 bits per heavy atom. The molecule has 0 radical (unpaired) electrons. The van der Waals surface area contributed by atoms with Gasteiger partial charge in [0.1, 0.15) is 6.79 Å². The topological polar surface area (TPSA) is 44.8 Å². The minimum Gasteiger partial charge on any atom is -0.463 e. The number of esters is 1. The number of unbranched alkanes of at least 4 members (excludes halogenated alkanes) is 2. The predicted octanol–water partition coefficient (Wildman–Crippen LogP) is 8.87. The molecule has 0 aromatic carbocycles. The first kappa shape index (κ1) is 30.1. The molecule has 4 aliphatic carbocycles. The lowest BCUT2D eigenvalue weighted by molar-refractivity contribution is -0.149. The van der Waals surface area contributed by atoms with Crippen molar-refractivity contribution in [1.29, 1.82) is 0 Å². The maximum absolute atomic E-state index is 12.6. The highest BCUT2D eigenvalue weighted by Gasteiger charge is 2.59. The summed E-state index contributed by atoms with van der Waals surface area (Å²) in [5, 5.41) is 0. The van der Waals surface area contributed by atoms with Gasteiger partial charge in [0.15, 0.2) is 0 Å². The van der Waals surface area contributed by atoms with E-state index in [9.17, 15) is 4.79 Å². The van der Waals surface area contributed by atoms with Crippen LogP contribution in [-0.4, -0.2) is 31.6 Å². The molecule has 4 aliphatic rings. The molecule has 218 valence electrons. The summed E-state index contributed by atoms with van der Waals surface area (Å²) in [7, 11) is 0. The van der Waals surface area contributed by atoms with E-state index in [1.54, 1.807) is 5.57 Å². The largest absolute Gasteiger partial charge is 0.463 e.